The van der Waals surface area contributed by atoms with E-state index in [2.05, 4.69) is 9.82 Å². The summed E-state index contributed by atoms with van der Waals surface area (Å²) in [4.78, 5) is 31.7. The molecule has 8 heteroatoms. The van der Waals surface area contributed by atoms with Crippen LogP contribution in [0.5, 0.6) is 11.5 Å². The Morgan fingerprint density at radius 2 is 1.90 bits per heavy atom. The number of rotatable bonds is 7. The molecule has 3 aromatic rings. The second-order valence-corrected chi connectivity index (χ2v) is 6.50. The number of hydrogen-bond acceptors (Lipinski definition) is 7. The Bertz CT molecular complexity index is 1070. The van der Waals surface area contributed by atoms with E-state index in [9.17, 15) is 14.9 Å². The minimum atomic E-state index is -0.895. The maximum absolute atomic E-state index is 12.7. The molecule has 0 aliphatic rings. The quantitative estimate of drug-likeness (QED) is 0.338. The van der Waals surface area contributed by atoms with E-state index < -0.39 is 17.0 Å². The zero-order chi connectivity index (χ0) is 21.0. The molecule has 0 saturated carbocycles. The Labute approximate surface area is 167 Å². The van der Waals surface area contributed by atoms with Crippen molar-refractivity contribution in [2.45, 2.75) is 26.4 Å². The molecule has 8 nitrogen and oxygen atoms in total. The zero-order valence-electron chi connectivity index (χ0n) is 16.2. The molecule has 0 aliphatic heterocycles. The van der Waals surface area contributed by atoms with E-state index in [1.165, 1.54) is 12.3 Å². The summed E-state index contributed by atoms with van der Waals surface area (Å²) in [5, 5.41) is 11.6. The van der Waals surface area contributed by atoms with Gasteiger partial charge in [-0.25, -0.2) is 0 Å². The lowest BCUT2D eigenvalue weighted by Crippen LogP contribution is -2.18. The van der Waals surface area contributed by atoms with Crippen molar-refractivity contribution in [1.82, 2.24) is 4.98 Å². The average Bonchev–Trinajstić information content (AvgIpc) is 2.72. The molecular weight excluding hydrogens is 376 g/mol. The van der Waals surface area contributed by atoms with Crippen molar-refractivity contribution in [3.63, 3.8) is 0 Å². The van der Waals surface area contributed by atoms with Crippen LogP contribution in [0, 0.1) is 17.0 Å². The number of esters is 1. The van der Waals surface area contributed by atoms with Gasteiger partial charge in [-0.05, 0) is 48.4 Å². The van der Waals surface area contributed by atoms with Gasteiger partial charge in [0.25, 0.3) is 5.09 Å². The zero-order valence-corrected chi connectivity index (χ0v) is 16.2. The highest BCUT2D eigenvalue weighted by Crippen LogP contribution is 2.28. The Morgan fingerprint density at radius 3 is 2.62 bits per heavy atom. The smallest absolute Gasteiger partial charge is 0.318 e. The van der Waals surface area contributed by atoms with Crippen LogP contribution < -0.4 is 9.47 Å². The molecule has 3 rings (SSSR count). The molecule has 0 bridgehead atoms. The number of fused-ring (bicyclic) bond motifs is 1. The molecule has 0 N–H and O–H groups in total. The number of aryl methyl sites for hydroxylation is 1. The maximum Gasteiger partial charge on any atom is 0.318 e. The van der Waals surface area contributed by atoms with Crippen LogP contribution in [0.2, 0.25) is 0 Å². The first-order valence-corrected chi connectivity index (χ1v) is 8.90. The summed E-state index contributed by atoms with van der Waals surface area (Å²) in [7, 11) is 1.61. The highest BCUT2D eigenvalue weighted by Gasteiger charge is 2.21. The Balaban J connectivity index is 1.82. The van der Waals surface area contributed by atoms with Crippen LogP contribution in [0.15, 0.2) is 48.7 Å². The van der Waals surface area contributed by atoms with Crippen molar-refractivity contribution in [2.75, 3.05) is 7.11 Å². The number of hydrogen-bond donors (Lipinski definition) is 0. The fourth-order valence-electron chi connectivity index (χ4n) is 2.94. The summed E-state index contributed by atoms with van der Waals surface area (Å²) in [5.74, 6) is -0.104. The monoisotopic (exact) mass is 396 g/mol. The standard InChI is InChI=1S/C21H20N2O6/c1-13(15-4-5-17-11-19(27-3)7-6-16(17)10-15)21(24)29-20-14(2)22-9-8-18(20)12-28-23(25)26/h4-11,13H,12H2,1-3H3. The van der Waals surface area contributed by atoms with E-state index in [-0.39, 0.29) is 12.4 Å². The highest BCUT2D eigenvalue weighted by molar-refractivity contribution is 5.87. The third-order valence-electron chi connectivity index (χ3n) is 4.62. The lowest BCUT2D eigenvalue weighted by molar-refractivity contribution is -0.763. The second kappa shape index (κ2) is 8.55. The van der Waals surface area contributed by atoms with Gasteiger partial charge in [-0.3, -0.25) is 9.78 Å². The molecular formula is C21H20N2O6. The van der Waals surface area contributed by atoms with Crippen LogP contribution in [0.1, 0.15) is 29.7 Å². The van der Waals surface area contributed by atoms with Gasteiger partial charge >= 0.3 is 5.97 Å². The average molecular weight is 396 g/mol. The normalized spacial score (nSPS) is 11.7. The van der Waals surface area contributed by atoms with Gasteiger partial charge in [0.2, 0.25) is 0 Å². The summed E-state index contributed by atoms with van der Waals surface area (Å²) in [5.41, 5.74) is 1.61. The molecule has 1 atom stereocenters. The van der Waals surface area contributed by atoms with Gasteiger partial charge in [0.05, 0.1) is 18.7 Å². The fourth-order valence-corrected chi connectivity index (χ4v) is 2.94. The number of nitrogens with zero attached hydrogens (tertiary/aromatic N) is 2. The predicted octanol–water partition coefficient (Wildman–Crippen LogP) is 3.97. The lowest BCUT2D eigenvalue weighted by Gasteiger charge is -2.16. The van der Waals surface area contributed by atoms with E-state index in [1.54, 1.807) is 21.0 Å². The van der Waals surface area contributed by atoms with E-state index in [1.807, 2.05) is 36.4 Å². The van der Waals surface area contributed by atoms with Gasteiger partial charge in [0.15, 0.2) is 5.75 Å². The third kappa shape index (κ3) is 4.60. The molecule has 1 unspecified atom stereocenters. The van der Waals surface area contributed by atoms with Crippen LogP contribution in [0.3, 0.4) is 0 Å². The molecule has 0 fully saturated rings. The molecule has 2 aromatic carbocycles. The molecule has 1 aromatic heterocycles. The first-order valence-electron chi connectivity index (χ1n) is 8.90. The molecule has 0 aliphatic carbocycles. The minimum Gasteiger partial charge on any atom is -0.497 e. The number of methoxy groups -OCH3 is 1. The molecule has 0 radical (unpaired) electrons. The van der Waals surface area contributed by atoms with E-state index in [0.717, 1.165) is 22.1 Å². The van der Waals surface area contributed by atoms with E-state index >= 15 is 0 Å². The third-order valence-corrected chi connectivity index (χ3v) is 4.62. The fraction of sp³-hybridized carbons (Fsp3) is 0.238. The van der Waals surface area contributed by atoms with Crippen LogP contribution in [-0.4, -0.2) is 23.1 Å². The van der Waals surface area contributed by atoms with Crippen molar-refractivity contribution in [1.29, 1.82) is 0 Å². The number of aromatic nitrogens is 1. The number of ether oxygens (including phenoxy) is 2. The van der Waals surface area contributed by atoms with Crippen molar-refractivity contribution in [3.05, 3.63) is 75.6 Å². The maximum atomic E-state index is 12.7. The van der Waals surface area contributed by atoms with Gasteiger partial charge < -0.3 is 14.3 Å². The van der Waals surface area contributed by atoms with Gasteiger partial charge in [-0.2, -0.15) is 0 Å². The summed E-state index contributed by atoms with van der Waals surface area (Å²) in [6.07, 6.45) is 1.48. The number of benzene rings is 2. The number of carbonyl (C=O) groups excluding carboxylic acids is 1. The first kappa shape index (κ1) is 20.1. The summed E-state index contributed by atoms with van der Waals surface area (Å²) >= 11 is 0. The molecule has 1 heterocycles. The largest absolute Gasteiger partial charge is 0.497 e. The Hall–Kier alpha value is -3.68. The molecule has 150 valence electrons. The van der Waals surface area contributed by atoms with Crippen LogP contribution in [-0.2, 0) is 16.2 Å². The molecule has 29 heavy (non-hydrogen) atoms. The number of carbonyl (C=O) groups is 1. The summed E-state index contributed by atoms with van der Waals surface area (Å²) in [6.45, 7) is 3.07. The van der Waals surface area contributed by atoms with Crippen LogP contribution >= 0.6 is 0 Å². The number of pyridine rings is 1. The van der Waals surface area contributed by atoms with Crippen molar-refractivity contribution >= 4 is 16.7 Å². The van der Waals surface area contributed by atoms with Crippen molar-refractivity contribution in [3.8, 4) is 11.5 Å². The van der Waals surface area contributed by atoms with Gasteiger partial charge in [0.1, 0.15) is 12.4 Å². The van der Waals surface area contributed by atoms with Gasteiger partial charge in [-0.15, -0.1) is 10.1 Å². The summed E-state index contributed by atoms with van der Waals surface area (Å²) in [6, 6.07) is 12.9. The molecule has 0 spiro atoms. The van der Waals surface area contributed by atoms with Crippen LogP contribution in [0.25, 0.3) is 10.8 Å². The van der Waals surface area contributed by atoms with Gasteiger partial charge in [-0.1, -0.05) is 24.3 Å². The van der Waals surface area contributed by atoms with Crippen molar-refractivity contribution < 1.29 is 24.2 Å². The van der Waals surface area contributed by atoms with Crippen LogP contribution in [0.4, 0.5) is 0 Å². The minimum absolute atomic E-state index is 0.178. The predicted molar refractivity (Wildman–Crippen MR) is 105 cm³/mol. The highest BCUT2D eigenvalue weighted by atomic mass is 16.9. The first-order chi connectivity index (χ1) is 13.9. The van der Waals surface area contributed by atoms with E-state index in [4.69, 9.17) is 9.47 Å². The lowest BCUT2D eigenvalue weighted by atomic mass is 9.98. The summed E-state index contributed by atoms with van der Waals surface area (Å²) < 4.78 is 10.8. The Kier molecular flexibility index (Phi) is 5.92. The topological polar surface area (TPSA) is 101 Å². The SMILES string of the molecule is COc1ccc2cc(C(C)C(=O)Oc3c(CO[N+](=O)[O-])ccnc3C)ccc2c1. The molecule has 0 amide bonds. The van der Waals surface area contributed by atoms with Crippen molar-refractivity contribution in [2.24, 2.45) is 0 Å². The van der Waals surface area contributed by atoms with Gasteiger partial charge in [0, 0.05) is 11.8 Å². The second-order valence-electron chi connectivity index (χ2n) is 6.50. The Morgan fingerprint density at radius 1 is 1.17 bits per heavy atom. The molecule has 0 saturated heterocycles. The van der Waals surface area contributed by atoms with E-state index in [0.29, 0.717) is 11.3 Å².